The average Bonchev–Trinajstić information content (AvgIpc) is 3.39. The first kappa shape index (κ1) is 35.7. The van der Waals surface area contributed by atoms with Gasteiger partial charge in [-0.2, -0.15) is 0 Å². The number of benzene rings is 1. The smallest absolute Gasteiger partial charge is 0.459 e. The van der Waals surface area contributed by atoms with Gasteiger partial charge in [-0.25, -0.2) is 14.4 Å². The SMILES string of the molecule is CC(=O)OC1C[C@H](n2cc(C)c(=O)[nH]c2=O)O[C@@H]1COC(=O)OCCN(Cc1ccccc1)CC1CCCCN1C(=O)OC(C)(C)C. The van der Waals surface area contributed by atoms with E-state index >= 15 is 0 Å². The van der Waals surface area contributed by atoms with Gasteiger partial charge in [0.25, 0.3) is 5.56 Å². The maximum absolute atomic E-state index is 13.0. The lowest BCUT2D eigenvalue weighted by molar-refractivity contribution is -0.150. The van der Waals surface area contributed by atoms with Crippen LogP contribution in [0, 0.1) is 6.92 Å². The first-order chi connectivity index (χ1) is 22.3. The van der Waals surface area contributed by atoms with Crippen LogP contribution in [0.3, 0.4) is 0 Å². The van der Waals surface area contributed by atoms with Crippen LogP contribution >= 0.6 is 0 Å². The Morgan fingerprint density at radius 1 is 1.09 bits per heavy atom. The summed E-state index contributed by atoms with van der Waals surface area (Å²) in [7, 11) is 0. The lowest BCUT2D eigenvalue weighted by Crippen LogP contribution is -2.51. The van der Waals surface area contributed by atoms with E-state index in [9.17, 15) is 24.0 Å². The average molecular weight is 659 g/mol. The third-order valence-electron chi connectivity index (χ3n) is 7.92. The fourth-order valence-electron chi connectivity index (χ4n) is 5.73. The van der Waals surface area contributed by atoms with Crippen molar-refractivity contribution in [3.8, 4) is 0 Å². The minimum absolute atomic E-state index is 0.0262. The van der Waals surface area contributed by atoms with Crippen molar-refractivity contribution in [2.75, 3.05) is 32.8 Å². The Morgan fingerprint density at radius 2 is 1.83 bits per heavy atom. The Labute approximate surface area is 273 Å². The number of nitrogens with one attached hydrogen (secondary N) is 1. The number of hydrogen-bond acceptors (Lipinski definition) is 11. The molecule has 0 spiro atoms. The fraction of sp³-hybridized carbons (Fsp3) is 0.606. The van der Waals surface area contributed by atoms with Crippen LogP contribution in [0.5, 0.6) is 0 Å². The summed E-state index contributed by atoms with van der Waals surface area (Å²) < 4.78 is 28.9. The van der Waals surface area contributed by atoms with Gasteiger partial charge >= 0.3 is 23.9 Å². The zero-order valence-electron chi connectivity index (χ0n) is 27.8. The third-order valence-corrected chi connectivity index (χ3v) is 7.92. The maximum atomic E-state index is 13.0. The number of aryl methyl sites for hydroxylation is 1. The van der Waals surface area contributed by atoms with E-state index in [1.165, 1.54) is 17.7 Å². The predicted octanol–water partition coefficient (Wildman–Crippen LogP) is 3.51. The second-order valence-electron chi connectivity index (χ2n) is 12.9. The molecule has 2 aromatic rings. The third kappa shape index (κ3) is 10.7. The lowest BCUT2D eigenvalue weighted by Gasteiger charge is -2.39. The molecule has 14 heteroatoms. The van der Waals surface area contributed by atoms with E-state index in [0.717, 1.165) is 24.8 Å². The Bertz CT molecular complexity index is 1480. The lowest BCUT2D eigenvalue weighted by atomic mass is 10.0. The van der Waals surface area contributed by atoms with Crippen molar-refractivity contribution in [2.45, 2.75) is 96.9 Å². The molecule has 0 bridgehead atoms. The Morgan fingerprint density at radius 3 is 2.53 bits per heavy atom. The van der Waals surface area contributed by atoms with Crippen LogP contribution in [-0.2, 0) is 35.0 Å². The highest BCUT2D eigenvalue weighted by atomic mass is 16.7. The molecule has 2 fully saturated rings. The fourth-order valence-corrected chi connectivity index (χ4v) is 5.73. The molecule has 47 heavy (non-hydrogen) atoms. The Kier molecular flexibility index (Phi) is 12.2. The number of ether oxygens (including phenoxy) is 5. The molecule has 1 amide bonds. The minimum Gasteiger partial charge on any atom is -0.459 e. The molecule has 0 aliphatic carbocycles. The summed E-state index contributed by atoms with van der Waals surface area (Å²) in [6.07, 6.45) is 0.468. The van der Waals surface area contributed by atoms with Crippen molar-refractivity contribution in [3.63, 3.8) is 0 Å². The van der Waals surface area contributed by atoms with Crippen molar-refractivity contribution >= 4 is 18.2 Å². The number of carbonyl (C=O) groups excluding carboxylic acids is 3. The van der Waals surface area contributed by atoms with Crippen LogP contribution in [0.1, 0.15) is 70.7 Å². The van der Waals surface area contributed by atoms with Gasteiger partial charge in [0.1, 0.15) is 37.3 Å². The summed E-state index contributed by atoms with van der Waals surface area (Å²) in [5.41, 5.74) is -0.391. The van der Waals surface area contributed by atoms with Gasteiger partial charge < -0.3 is 28.6 Å². The number of likely N-dealkylation sites (tertiary alicyclic amines) is 1. The second kappa shape index (κ2) is 16.1. The number of rotatable bonds is 11. The largest absolute Gasteiger partial charge is 0.508 e. The van der Waals surface area contributed by atoms with Gasteiger partial charge in [-0.15, -0.1) is 0 Å². The summed E-state index contributed by atoms with van der Waals surface area (Å²) in [4.78, 5) is 67.7. The van der Waals surface area contributed by atoms with Crippen LogP contribution < -0.4 is 11.2 Å². The highest BCUT2D eigenvalue weighted by Gasteiger charge is 2.40. The van der Waals surface area contributed by atoms with Crippen LogP contribution in [0.25, 0.3) is 0 Å². The number of carbonyl (C=O) groups is 3. The molecule has 4 atom stereocenters. The van der Waals surface area contributed by atoms with E-state index in [0.29, 0.717) is 31.7 Å². The molecule has 2 aliphatic rings. The molecule has 1 aromatic heterocycles. The van der Waals surface area contributed by atoms with Crippen molar-refractivity contribution in [2.24, 2.45) is 0 Å². The monoisotopic (exact) mass is 658 g/mol. The van der Waals surface area contributed by atoms with E-state index in [4.69, 9.17) is 23.7 Å². The van der Waals surface area contributed by atoms with Crippen molar-refractivity contribution in [1.82, 2.24) is 19.4 Å². The number of hydrogen-bond donors (Lipinski definition) is 1. The van der Waals surface area contributed by atoms with Crippen molar-refractivity contribution in [1.29, 1.82) is 0 Å². The molecule has 258 valence electrons. The highest BCUT2D eigenvalue weighted by molar-refractivity contribution is 5.68. The summed E-state index contributed by atoms with van der Waals surface area (Å²) in [6, 6.07) is 9.85. The Hall–Kier alpha value is -4.17. The van der Waals surface area contributed by atoms with E-state index in [1.54, 1.807) is 11.8 Å². The summed E-state index contributed by atoms with van der Waals surface area (Å²) >= 11 is 0. The molecule has 2 aliphatic heterocycles. The molecule has 1 aromatic carbocycles. The molecule has 14 nitrogen and oxygen atoms in total. The molecule has 2 saturated heterocycles. The highest BCUT2D eigenvalue weighted by Crippen LogP contribution is 2.30. The molecule has 4 rings (SSSR count). The number of piperidine rings is 1. The quantitative estimate of drug-likeness (QED) is 0.278. The van der Waals surface area contributed by atoms with Gasteiger partial charge in [-0.3, -0.25) is 24.0 Å². The molecule has 0 saturated carbocycles. The summed E-state index contributed by atoms with van der Waals surface area (Å²) in [6.45, 7) is 10.3. The number of nitrogens with zero attached hydrogens (tertiary/aromatic N) is 3. The summed E-state index contributed by atoms with van der Waals surface area (Å²) in [5.74, 6) is -0.557. The van der Waals surface area contributed by atoms with Crippen LogP contribution in [0.2, 0.25) is 0 Å². The second-order valence-corrected chi connectivity index (χ2v) is 12.9. The number of esters is 1. The van der Waals surface area contributed by atoms with Crippen molar-refractivity contribution in [3.05, 3.63) is 68.5 Å². The van der Waals surface area contributed by atoms with E-state index in [-0.39, 0.29) is 31.8 Å². The number of aromatic nitrogens is 2. The standard InChI is InChI=1S/C33H46N4O10/c1-22-18-37(30(40)34-29(22)39)28-17-26(45-23(2)38)27(46-28)21-44-32(42)43-16-15-35(19-24-11-7-6-8-12-24)20-25-13-9-10-14-36(25)31(41)47-33(3,4)5/h6-8,11-12,18,25-28H,9-10,13-17,19-21H2,1-5H3,(H,34,39,40)/t25?,26?,27-,28-/m1/s1. The first-order valence-corrected chi connectivity index (χ1v) is 16.0. The van der Waals surface area contributed by atoms with E-state index in [2.05, 4.69) is 9.88 Å². The molecular formula is C33H46N4O10. The zero-order chi connectivity index (χ0) is 34.1. The van der Waals surface area contributed by atoms with Crippen LogP contribution in [0.4, 0.5) is 9.59 Å². The van der Waals surface area contributed by atoms with Gasteiger partial charge in [0.2, 0.25) is 0 Å². The predicted molar refractivity (Wildman–Crippen MR) is 170 cm³/mol. The minimum atomic E-state index is -0.927. The molecular weight excluding hydrogens is 612 g/mol. The number of aromatic amines is 1. The molecule has 1 N–H and O–H groups in total. The topological polar surface area (TPSA) is 159 Å². The van der Waals surface area contributed by atoms with Crippen LogP contribution in [-0.4, -0.2) is 94.3 Å². The van der Waals surface area contributed by atoms with Gasteiger partial charge in [-0.05, 0) is 52.5 Å². The zero-order valence-corrected chi connectivity index (χ0v) is 27.8. The van der Waals surface area contributed by atoms with Gasteiger partial charge in [-0.1, -0.05) is 30.3 Å². The number of H-pyrrole nitrogens is 1. The molecule has 2 unspecified atom stereocenters. The van der Waals surface area contributed by atoms with Gasteiger partial charge in [0, 0.05) is 57.3 Å². The molecule has 0 radical (unpaired) electrons. The van der Waals surface area contributed by atoms with Crippen molar-refractivity contribution < 1.29 is 38.1 Å². The van der Waals surface area contributed by atoms with Gasteiger partial charge in [0.05, 0.1) is 0 Å². The Balaban J connectivity index is 1.34. The van der Waals surface area contributed by atoms with Crippen LogP contribution in [0.15, 0.2) is 46.1 Å². The first-order valence-electron chi connectivity index (χ1n) is 16.0. The number of amides is 1. The molecule has 3 heterocycles. The summed E-state index contributed by atoms with van der Waals surface area (Å²) in [5, 5.41) is 0. The van der Waals surface area contributed by atoms with E-state index < -0.39 is 47.4 Å². The van der Waals surface area contributed by atoms with E-state index in [1.807, 2.05) is 51.1 Å². The normalized spacial score (nSPS) is 21.4. The maximum Gasteiger partial charge on any atom is 0.508 e. The van der Waals surface area contributed by atoms with Gasteiger partial charge in [0.15, 0.2) is 0 Å².